The summed E-state index contributed by atoms with van der Waals surface area (Å²) >= 11 is 12.7. The fourth-order valence-electron chi connectivity index (χ4n) is 3.22. The van der Waals surface area contributed by atoms with Gasteiger partial charge in [-0.05, 0) is 54.3 Å². The highest BCUT2D eigenvalue weighted by molar-refractivity contribution is 6.50. The molecule has 0 N–H and O–H groups in total. The van der Waals surface area contributed by atoms with E-state index in [1.165, 1.54) is 23.3 Å². The first kappa shape index (κ1) is 19.2. The van der Waals surface area contributed by atoms with Crippen molar-refractivity contribution in [1.29, 1.82) is 5.26 Å². The molecular formula is C21H13Cl2N3O3. The van der Waals surface area contributed by atoms with Gasteiger partial charge in [0.25, 0.3) is 5.91 Å². The summed E-state index contributed by atoms with van der Waals surface area (Å²) in [5, 5.41) is 14.1. The SMILES string of the molecule is CC1=CCc2ccc(Oc3c(Cl)cc(N4N=C(C#N)C(=O)CC4=O)cc3Cl)cc21. The van der Waals surface area contributed by atoms with E-state index in [4.69, 9.17) is 33.2 Å². The van der Waals surface area contributed by atoms with Crippen molar-refractivity contribution in [3.05, 3.63) is 57.6 Å². The Kier molecular flexibility index (Phi) is 4.87. The highest BCUT2D eigenvalue weighted by Gasteiger charge is 2.29. The molecule has 0 radical (unpaired) electrons. The molecule has 1 aliphatic heterocycles. The summed E-state index contributed by atoms with van der Waals surface area (Å²) in [4.78, 5) is 23.8. The van der Waals surface area contributed by atoms with Crippen LogP contribution >= 0.6 is 23.2 Å². The van der Waals surface area contributed by atoms with Crippen molar-refractivity contribution in [3.8, 4) is 17.6 Å². The third kappa shape index (κ3) is 3.51. The Labute approximate surface area is 176 Å². The summed E-state index contributed by atoms with van der Waals surface area (Å²) in [6, 6.07) is 10.4. The largest absolute Gasteiger partial charge is 0.454 e. The maximum absolute atomic E-state index is 12.2. The molecule has 1 amide bonds. The average Bonchev–Trinajstić information content (AvgIpc) is 3.05. The van der Waals surface area contributed by atoms with Crippen LogP contribution in [0.2, 0.25) is 10.0 Å². The second-order valence-electron chi connectivity index (χ2n) is 6.62. The van der Waals surface area contributed by atoms with Crippen LogP contribution in [0.4, 0.5) is 5.69 Å². The molecule has 0 bridgehead atoms. The van der Waals surface area contributed by atoms with Gasteiger partial charge in [0.05, 0.1) is 22.2 Å². The fourth-order valence-corrected chi connectivity index (χ4v) is 3.77. The minimum absolute atomic E-state index is 0.165. The van der Waals surface area contributed by atoms with Crippen molar-refractivity contribution in [2.45, 2.75) is 19.8 Å². The molecule has 0 saturated heterocycles. The van der Waals surface area contributed by atoms with Crippen molar-refractivity contribution in [2.75, 3.05) is 5.01 Å². The summed E-state index contributed by atoms with van der Waals surface area (Å²) < 4.78 is 5.91. The van der Waals surface area contributed by atoms with Crippen LogP contribution in [0.15, 0.2) is 41.5 Å². The second-order valence-corrected chi connectivity index (χ2v) is 7.43. The lowest BCUT2D eigenvalue weighted by Crippen LogP contribution is -2.36. The lowest BCUT2D eigenvalue weighted by Gasteiger charge is -2.22. The van der Waals surface area contributed by atoms with Crippen LogP contribution in [0.25, 0.3) is 5.57 Å². The maximum Gasteiger partial charge on any atom is 0.255 e. The number of ether oxygens (including phenoxy) is 1. The molecule has 0 saturated carbocycles. The molecule has 1 aliphatic carbocycles. The number of rotatable bonds is 3. The number of fused-ring (bicyclic) bond motifs is 1. The topological polar surface area (TPSA) is 82.8 Å². The van der Waals surface area contributed by atoms with Gasteiger partial charge in [-0.25, -0.2) is 0 Å². The summed E-state index contributed by atoms with van der Waals surface area (Å²) in [6.07, 6.45) is 2.61. The zero-order chi connectivity index (χ0) is 20.7. The van der Waals surface area contributed by atoms with Crippen LogP contribution in [0.3, 0.4) is 0 Å². The molecule has 1 heterocycles. The Balaban J connectivity index is 1.67. The van der Waals surface area contributed by atoms with Crippen molar-refractivity contribution < 1.29 is 14.3 Å². The second kappa shape index (κ2) is 7.36. The average molecular weight is 426 g/mol. The number of allylic oxidation sites excluding steroid dienone is 2. The van der Waals surface area contributed by atoms with E-state index < -0.39 is 18.1 Å². The Morgan fingerprint density at radius 3 is 2.59 bits per heavy atom. The van der Waals surface area contributed by atoms with Gasteiger partial charge in [-0.2, -0.15) is 15.4 Å². The van der Waals surface area contributed by atoms with Gasteiger partial charge < -0.3 is 4.74 Å². The Hall–Kier alpha value is -3.14. The van der Waals surface area contributed by atoms with E-state index in [2.05, 4.69) is 11.2 Å². The molecule has 6 nitrogen and oxygen atoms in total. The molecule has 0 atom stereocenters. The van der Waals surface area contributed by atoms with E-state index in [1.54, 1.807) is 6.07 Å². The first-order valence-electron chi connectivity index (χ1n) is 8.69. The summed E-state index contributed by atoms with van der Waals surface area (Å²) in [6.45, 7) is 2.04. The van der Waals surface area contributed by atoms with E-state index in [9.17, 15) is 9.59 Å². The number of hydrogen-bond donors (Lipinski definition) is 0. The summed E-state index contributed by atoms with van der Waals surface area (Å²) in [5.74, 6) is -0.372. The van der Waals surface area contributed by atoms with Gasteiger partial charge in [0.1, 0.15) is 11.8 Å². The van der Waals surface area contributed by atoms with Crippen LogP contribution < -0.4 is 9.75 Å². The Morgan fingerprint density at radius 2 is 1.90 bits per heavy atom. The number of hydrogen-bond acceptors (Lipinski definition) is 5. The van der Waals surface area contributed by atoms with E-state index in [1.807, 2.05) is 25.1 Å². The van der Waals surface area contributed by atoms with Crippen LogP contribution in [0.1, 0.15) is 24.5 Å². The van der Waals surface area contributed by atoms with E-state index in [0.717, 1.165) is 17.0 Å². The zero-order valence-electron chi connectivity index (χ0n) is 15.2. The van der Waals surface area contributed by atoms with Crippen LogP contribution in [0.5, 0.6) is 11.5 Å². The molecule has 0 unspecified atom stereocenters. The lowest BCUT2D eigenvalue weighted by atomic mass is 10.1. The number of amides is 1. The molecule has 4 rings (SSSR count). The van der Waals surface area contributed by atoms with Gasteiger partial charge >= 0.3 is 0 Å². The van der Waals surface area contributed by atoms with Crippen LogP contribution in [0, 0.1) is 11.3 Å². The van der Waals surface area contributed by atoms with Crippen LogP contribution in [-0.2, 0) is 16.0 Å². The van der Waals surface area contributed by atoms with E-state index >= 15 is 0 Å². The summed E-state index contributed by atoms with van der Waals surface area (Å²) in [7, 11) is 0. The number of nitriles is 1. The number of carbonyl (C=O) groups excluding carboxylic acids is 2. The lowest BCUT2D eigenvalue weighted by molar-refractivity contribution is -0.124. The van der Waals surface area contributed by atoms with E-state index in [-0.39, 0.29) is 27.2 Å². The van der Waals surface area contributed by atoms with Crippen LogP contribution in [-0.4, -0.2) is 17.4 Å². The number of hydrazone groups is 1. The minimum atomic E-state index is -0.619. The molecule has 2 aromatic rings. The zero-order valence-corrected chi connectivity index (χ0v) is 16.7. The molecular weight excluding hydrogens is 413 g/mol. The van der Waals surface area contributed by atoms with Gasteiger partial charge in [0.15, 0.2) is 5.75 Å². The molecule has 29 heavy (non-hydrogen) atoms. The number of benzene rings is 2. The van der Waals surface area contributed by atoms with Gasteiger partial charge in [-0.15, -0.1) is 0 Å². The Morgan fingerprint density at radius 1 is 1.17 bits per heavy atom. The first-order valence-corrected chi connectivity index (χ1v) is 9.45. The predicted octanol–water partition coefficient (Wildman–Crippen LogP) is 4.93. The molecule has 2 aliphatic rings. The number of halogens is 2. The van der Waals surface area contributed by atoms with E-state index in [0.29, 0.717) is 5.75 Å². The normalized spacial score (nSPS) is 15.6. The molecule has 8 heteroatoms. The number of ketones is 1. The quantitative estimate of drug-likeness (QED) is 0.652. The molecule has 0 spiro atoms. The van der Waals surface area contributed by atoms with Crippen molar-refractivity contribution in [1.82, 2.24) is 0 Å². The van der Waals surface area contributed by atoms with Crippen molar-refractivity contribution in [2.24, 2.45) is 5.10 Å². The third-order valence-corrected chi connectivity index (χ3v) is 5.26. The highest BCUT2D eigenvalue weighted by atomic mass is 35.5. The smallest absolute Gasteiger partial charge is 0.255 e. The Bertz CT molecular complexity index is 1160. The third-order valence-electron chi connectivity index (χ3n) is 4.70. The number of nitrogens with zero attached hydrogens (tertiary/aromatic N) is 3. The molecule has 144 valence electrons. The van der Waals surface area contributed by atoms with Gasteiger partial charge in [0, 0.05) is 0 Å². The molecule has 2 aromatic carbocycles. The predicted molar refractivity (Wildman–Crippen MR) is 110 cm³/mol. The highest BCUT2D eigenvalue weighted by Crippen LogP contribution is 2.41. The molecule has 0 fully saturated rings. The molecule has 0 aromatic heterocycles. The minimum Gasteiger partial charge on any atom is -0.454 e. The monoisotopic (exact) mass is 425 g/mol. The number of Topliss-reactive ketones (excluding diaryl/α,β-unsaturated/α-hetero) is 1. The van der Waals surface area contributed by atoms with Crippen molar-refractivity contribution in [3.63, 3.8) is 0 Å². The summed E-state index contributed by atoms with van der Waals surface area (Å²) in [5.41, 5.74) is 3.42. The number of anilines is 1. The fraction of sp³-hybridized carbons (Fsp3) is 0.143. The number of carbonyl (C=O) groups is 2. The van der Waals surface area contributed by atoms with Gasteiger partial charge in [-0.1, -0.05) is 35.3 Å². The first-order chi connectivity index (χ1) is 13.9. The maximum atomic E-state index is 12.2. The van der Waals surface area contributed by atoms with Gasteiger partial charge in [-0.3, -0.25) is 9.59 Å². The standard InChI is InChI=1S/C21H13Cl2N3O3/c1-11-2-3-12-4-5-14(8-15(11)12)29-21-16(22)6-13(7-17(21)23)26-20(28)9-19(27)18(10-24)25-26/h2,4-8H,3,9H2,1H3. The van der Waals surface area contributed by atoms with Gasteiger partial charge in [0.2, 0.25) is 11.5 Å². The van der Waals surface area contributed by atoms with Crippen molar-refractivity contribution >= 4 is 51.9 Å².